The van der Waals surface area contributed by atoms with Crippen molar-refractivity contribution < 1.29 is 19.7 Å². The molecule has 4 N–H and O–H groups in total. The van der Waals surface area contributed by atoms with E-state index in [1.54, 1.807) is 4.90 Å². The maximum absolute atomic E-state index is 12.3. The van der Waals surface area contributed by atoms with Crippen LogP contribution >= 0.6 is 0 Å². The van der Waals surface area contributed by atoms with Gasteiger partial charge in [0, 0.05) is 19.6 Å². The maximum atomic E-state index is 12.3. The Balaban J connectivity index is 2.21. The third kappa shape index (κ3) is 2.97. The standard InChI is InChI=1S/C13H18N2O4/c1-8-6-15(7-10(5-14)19-8)13(18)11-4-9(16)2-3-12(11)17/h2-4,8,10,16-17H,5-7,14H2,1H3. The van der Waals surface area contributed by atoms with Gasteiger partial charge < -0.3 is 25.6 Å². The lowest BCUT2D eigenvalue weighted by Gasteiger charge is -2.36. The van der Waals surface area contributed by atoms with Crippen LogP contribution in [0.1, 0.15) is 17.3 Å². The summed E-state index contributed by atoms with van der Waals surface area (Å²) >= 11 is 0. The van der Waals surface area contributed by atoms with Crippen LogP contribution in [0.15, 0.2) is 18.2 Å². The summed E-state index contributed by atoms with van der Waals surface area (Å²) in [5.74, 6) is -0.536. The summed E-state index contributed by atoms with van der Waals surface area (Å²) in [6.45, 7) is 3.02. The van der Waals surface area contributed by atoms with Gasteiger partial charge in [0.05, 0.1) is 17.8 Å². The number of phenols is 2. The number of nitrogens with zero attached hydrogens (tertiary/aromatic N) is 1. The second-order valence-electron chi connectivity index (χ2n) is 4.72. The average molecular weight is 266 g/mol. The van der Waals surface area contributed by atoms with Gasteiger partial charge in [-0.3, -0.25) is 4.79 Å². The average Bonchev–Trinajstić information content (AvgIpc) is 2.40. The Kier molecular flexibility index (Phi) is 3.92. The van der Waals surface area contributed by atoms with Crippen molar-refractivity contribution in [2.75, 3.05) is 19.6 Å². The van der Waals surface area contributed by atoms with Crippen molar-refractivity contribution in [2.24, 2.45) is 5.73 Å². The van der Waals surface area contributed by atoms with Crippen LogP contribution in [-0.2, 0) is 4.74 Å². The number of hydrogen-bond donors (Lipinski definition) is 3. The molecule has 0 radical (unpaired) electrons. The number of carbonyl (C=O) groups is 1. The molecule has 2 unspecified atom stereocenters. The van der Waals surface area contributed by atoms with Crippen molar-refractivity contribution in [1.82, 2.24) is 4.90 Å². The molecular formula is C13H18N2O4. The van der Waals surface area contributed by atoms with Crippen LogP contribution in [0.25, 0.3) is 0 Å². The lowest BCUT2D eigenvalue weighted by atomic mass is 10.1. The van der Waals surface area contributed by atoms with E-state index in [-0.39, 0.29) is 35.2 Å². The first kappa shape index (κ1) is 13.6. The van der Waals surface area contributed by atoms with Crippen LogP contribution in [-0.4, -0.2) is 52.9 Å². The summed E-state index contributed by atoms with van der Waals surface area (Å²) in [7, 11) is 0. The number of amides is 1. The van der Waals surface area contributed by atoms with E-state index in [2.05, 4.69) is 0 Å². The normalized spacial score (nSPS) is 23.4. The van der Waals surface area contributed by atoms with E-state index in [0.29, 0.717) is 19.6 Å². The molecule has 1 aliphatic heterocycles. The highest BCUT2D eigenvalue weighted by atomic mass is 16.5. The van der Waals surface area contributed by atoms with E-state index < -0.39 is 0 Å². The van der Waals surface area contributed by atoms with Gasteiger partial charge in [-0.15, -0.1) is 0 Å². The Morgan fingerprint density at radius 3 is 2.89 bits per heavy atom. The van der Waals surface area contributed by atoms with Gasteiger partial charge in [0.1, 0.15) is 11.5 Å². The summed E-state index contributed by atoms with van der Waals surface area (Å²) in [5, 5.41) is 19.1. The Labute approximate surface area is 111 Å². The van der Waals surface area contributed by atoms with Crippen LogP contribution in [0.3, 0.4) is 0 Å². The Morgan fingerprint density at radius 2 is 2.21 bits per heavy atom. The molecule has 6 nitrogen and oxygen atoms in total. The summed E-state index contributed by atoms with van der Waals surface area (Å²) in [6.07, 6.45) is -0.308. The predicted molar refractivity (Wildman–Crippen MR) is 69.1 cm³/mol. The molecule has 1 fully saturated rings. The molecule has 1 aromatic carbocycles. The predicted octanol–water partition coefficient (Wildman–Crippen LogP) is 0.286. The third-order valence-corrected chi connectivity index (χ3v) is 3.09. The van der Waals surface area contributed by atoms with Crippen molar-refractivity contribution >= 4 is 5.91 Å². The maximum Gasteiger partial charge on any atom is 0.257 e. The lowest BCUT2D eigenvalue weighted by molar-refractivity contribution is -0.0626. The highest BCUT2D eigenvalue weighted by Gasteiger charge is 2.29. The molecule has 0 saturated carbocycles. The fourth-order valence-corrected chi connectivity index (χ4v) is 2.21. The van der Waals surface area contributed by atoms with Crippen molar-refractivity contribution in [2.45, 2.75) is 19.1 Å². The summed E-state index contributed by atoms with van der Waals surface area (Å²) in [5.41, 5.74) is 5.66. The molecule has 1 aliphatic rings. The smallest absolute Gasteiger partial charge is 0.257 e. The van der Waals surface area contributed by atoms with Crippen LogP contribution in [0.2, 0.25) is 0 Å². The molecule has 0 spiro atoms. The van der Waals surface area contributed by atoms with E-state index in [4.69, 9.17) is 10.5 Å². The lowest BCUT2D eigenvalue weighted by Crippen LogP contribution is -2.51. The van der Waals surface area contributed by atoms with Gasteiger partial charge in [0.2, 0.25) is 0 Å². The minimum absolute atomic E-state index is 0.0576. The van der Waals surface area contributed by atoms with E-state index >= 15 is 0 Å². The first-order valence-electron chi connectivity index (χ1n) is 6.18. The fourth-order valence-electron chi connectivity index (χ4n) is 2.21. The van der Waals surface area contributed by atoms with Crippen LogP contribution in [0.5, 0.6) is 11.5 Å². The van der Waals surface area contributed by atoms with Crippen molar-refractivity contribution in [3.05, 3.63) is 23.8 Å². The van der Waals surface area contributed by atoms with Gasteiger partial charge >= 0.3 is 0 Å². The molecule has 19 heavy (non-hydrogen) atoms. The zero-order valence-corrected chi connectivity index (χ0v) is 10.7. The third-order valence-electron chi connectivity index (χ3n) is 3.09. The molecule has 104 valence electrons. The number of benzene rings is 1. The second-order valence-corrected chi connectivity index (χ2v) is 4.72. The Bertz CT molecular complexity index is 478. The summed E-state index contributed by atoms with van der Waals surface area (Å²) in [6, 6.07) is 3.89. The highest BCUT2D eigenvalue weighted by molar-refractivity contribution is 5.97. The zero-order valence-electron chi connectivity index (χ0n) is 10.7. The van der Waals surface area contributed by atoms with Gasteiger partial charge in [-0.05, 0) is 25.1 Å². The van der Waals surface area contributed by atoms with E-state index in [0.717, 1.165) is 0 Å². The SMILES string of the molecule is CC1CN(C(=O)c2cc(O)ccc2O)CC(CN)O1. The molecule has 1 amide bonds. The van der Waals surface area contributed by atoms with Gasteiger partial charge in [-0.1, -0.05) is 0 Å². The van der Waals surface area contributed by atoms with Crippen molar-refractivity contribution in [1.29, 1.82) is 0 Å². The summed E-state index contributed by atoms with van der Waals surface area (Å²) < 4.78 is 5.57. The van der Waals surface area contributed by atoms with Crippen LogP contribution < -0.4 is 5.73 Å². The molecule has 0 aromatic heterocycles. The number of hydrogen-bond acceptors (Lipinski definition) is 5. The summed E-state index contributed by atoms with van der Waals surface area (Å²) in [4.78, 5) is 13.9. The zero-order chi connectivity index (χ0) is 14.0. The molecule has 2 atom stereocenters. The minimum Gasteiger partial charge on any atom is -0.508 e. The fraction of sp³-hybridized carbons (Fsp3) is 0.462. The topological polar surface area (TPSA) is 96.0 Å². The first-order valence-corrected chi connectivity index (χ1v) is 6.18. The number of carbonyl (C=O) groups excluding carboxylic acids is 1. The molecular weight excluding hydrogens is 248 g/mol. The molecule has 6 heteroatoms. The number of morpholine rings is 1. The molecule has 0 aliphatic carbocycles. The van der Waals surface area contributed by atoms with E-state index in [1.807, 2.05) is 6.92 Å². The molecule has 2 rings (SSSR count). The number of phenolic OH excluding ortho intramolecular Hbond substituents is 2. The monoisotopic (exact) mass is 266 g/mol. The second kappa shape index (κ2) is 5.46. The minimum atomic E-state index is -0.331. The van der Waals surface area contributed by atoms with Crippen LogP contribution in [0, 0.1) is 0 Å². The van der Waals surface area contributed by atoms with E-state index in [9.17, 15) is 15.0 Å². The quantitative estimate of drug-likeness (QED) is 0.668. The Morgan fingerprint density at radius 1 is 1.47 bits per heavy atom. The van der Waals surface area contributed by atoms with Gasteiger partial charge in [-0.2, -0.15) is 0 Å². The van der Waals surface area contributed by atoms with Crippen molar-refractivity contribution in [3.8, 4) is 11.5 Å². The molecule has 1 aromatic rings. The highest BCUT2D eigenvalue weighted by Crippen LogP contribution is 2.24. The molecule has 0 bridgehead atoms. The number of aromatic hydroxyl groups is 2. The number of nitrogens with two attached hydrogens (primary N) is 1. The van der Waals surface area contributed by atoms with E-state index in [1.165, 1.54) is 18.2 Å². The van der Waals surface area contributed by atoms with Gasteiger partial charge in [-0.25, -0.2) is 0 Å². The largest absolute Gasteiger partial charge is 0.508 e. The number of rotatable bonds is 2. The molecule has 1 heterocycles. The molecule has 1 saturated heterocycles. The Hall–Kier alpha value is -1.79. The van der Waals surface area contributed by atoms with Crippen LogP contribution in [0.4, 0.5) is 0 Å². The first-order chi connectivity index (χ1) is 9.01. The van der Waals surface area contributed by atoms with Gasteiger partial charge in [0.15, 0.2) is 0 Å². The van der Waals surface area contributed by atoms with Gasteiger partial charge in [0.25, 0.3) is 5.91 Å². The van der Waals surface area contributed by atoms with Crippen molar-refractivity contribution in [3.63, 3.8) is 0 Å². The number of ether oxygens (including phenoxy) is 1.